The summed E-state index contributed by atoms with van der Waals surface area (Å²) >= 11 is 0. The van der Waals surface area contributed by atoms with Gasteiger partial charge in [0.15, 0.2) is 0 Å². The highest BCUT2D eigenvalue weighted by Crippen LogP contribution is 2.25. The monoisotopic (exact) mass is 335 g/mol. The molecule has 0 amide bonds. The molecule has 1 N–H and O–H groups in total. The van der Waals surface area contributed by atoms with Crippen LogP contribution >= 0.6 is 0 Å². The van der Waals surface area contributed by atoms with Crippen molar-refractivity contribution in [3.63, 3.8) is 0 Å². The van der Waals surface area contributed by atoms with Crippen LogP contribution in [0.4, 0.5) is 0 Å². The van der Waals surface area contributed by atoms with Gasteiger partial charge in [0.05, 0.1) is 6.20 Å². The number of sulfonamides is 1. The number of nitrogens with zero attached hydrogens (tertiary/aromatic N) is 2. The van der Waals surface area contributed by atoms with E-state index in [9.17, 15) is 8.42 Å². The van der Waals surface area contributed by atoms with Gasteiger partial charge in [-0.15, -0.1) is 0 Å². The maximum absolute atomic E-state index is 12.2. The zero-order valence-corrected chi connectivity index (χ0v) is 13.6. The second kappa shape index (κ2) is 6.15. The summed E-state index contributed by atoms with van der Waals surface area (Å²) in [7, 11) is -0.469. The van der Waals surface area contributed by atoms with Gasteiger partial charge in [-0.3, -0.25) is 4.68 Å². The second-order valence-corrected chi connectivity index (χ2v) is 6.88. The highest BCUT2D eigenvalue weighted by molar-refractivity contribution is 7.89. The fourth-order valence-corrected chi connectivity index (χ4v) is 3.28. The fraction of sp³-hybridized carbons (Fsp3) is 0.267. The van der Waals surface area contributed by atoms with E-state index >= 15 is 0 Å². The van der Waals surface area contributed by atoms with E-state index in [0.29, 0.717) is 5.76 Å². The summed E-state index contributed by atoms with van der Waals surface area (Å²) in [6.07, 6.45) is 2.21. The van der Waals surface area contributed by atoms with E-state index in [-0.39, 0.29) is 11.4 Å². The number of fused-ring (bicyclic) bond motifs is 1. The number of aromatic nitrogens is 2. The Kier molecular flexibility index (Phi) is 4.20. The van der Waals surface area contributed by atoms with E-state index in [0.717, 1.165) is 11.0 Å². The Labute approximate surface area is 133 Å². The number of methoxy groups -OCH3 is 1. The van der Waals surface area contributed by atoms with Crippen LogP contribution in [-0.4, -0.2) is 31.9 Å². The molecule has 3 rings (SSSR count). The molecular weight excluding hydrogens is 318 g/mol. The number of hydrogen-bond donors (Lipinski definition) is 1. The molecule has 0 aliphatic carbocycles. The minimum atomic E-state index is -3.64. The zero-order valence-electron chi connectivity index (χ0n) is 12.8. The molecule has 3 aromatic rings. The largest absolute Gasteiger partial charge is 0.458 e. The molecule has 1 atom stereocenters. The first kappa shape index (κ1) is 15.7. The van der Waals surface area contributed by atoms with E-state index in [1.807, 2.05) is 30.3 Å². The highest BCUT2D eigenvalue weighted by atomic mass is 32.2. The van der Waals surface area contributed by atoms with Crippen molar-refractivity contribution in [3.05, 3.63) is 48.5 Å². The van der Waals surface area contributed by atoms with E-state index in [4.69, 9.17) is 9.15 Å². The minimum Gasteiger partial charge on any atom is -0.458 e. The van der Waals surface area contributed by atoms with Crippen molar-refractivity contribution < 1.29 is 17.6 Å². The van der Waals surface area contributed by atoms with Gasteiger partial charge in [-0.05, 0) is 12.1 Å². The molecule has 2 aromatic heterocycles. The molecule has 1 aromatic carbocycles. The van der Waals surface area contributed by atoms with E-state index in [1.54, 1.807) is 7.05 Å². The number of benzene rings is 1. The summed E-state index contributed by atoms with van der Waals surface area (Å²) in [5, 5.41) is 4.81. The van der Waals surface area contributed by atoms with Crippen molar-refractivity contribution in [2.24, 2.45) is 7.05 Å². The van der Waals surface area contributed by atoms with Crippen LogP contribution in [0.2, 0.25) is 0 Å². The Morgan fingerprint density at radius 2 is 2.17 bits per heavy atom. The van der Waals surface area contributed by atoms with Gasteiger partial charge in [-0.2, -0.15) is 5.10 Å². The SMILES string of the molecule is COC(CNS(=O)(=O)c1cnn(C)c1)c1cc2ccccc2o1. The predicted octanol–water partition coefficient (Wildman–Crippen LogP) is 1.83. The lowest BCUT2D eigenvalue weighted by molar-refractivity contribution is 0.0893. The molecule has 0 spiro atoms. The maximum atomic E-state index is 12.2. The molecular formula is C15H17N3O4S. The van der Waals surface area contributed by atoms with E-state index in [2.05, 4.69) is 9.82 Å². The molecule has 0 bridgehead atoms. The number of para-hydroxylation sites is 1. The second-order valence-electron chi connectivity index (χ2n) is 5.11. The first-order valence-corrected chi connectivity index (χ1v) is 8.47. The summed E-state index contributed by atoms with van der Waals surface area (Å²) in [5.41, 5.74) is 0.736. The van der Waals surface area contributed by atoms with Crippen molar-refractivity contribution in [1.82, 2.24) is 14.5 Å². The highest BCUT2D eigenvalue weighted by Gasteiger charge is 2.21. The van der Waals surface area contributed by atoms with Crippen LogP contribution in [0.1, 0.15) is 11.9 Å². The van der Waals surface area contributed by atoms with Gasteiger partial charge in [-0.1, -0.05) is 18.2 Å². The molecule has 1 unspecified atom stereocenters. The lowest BCUT2D eigenvalue weighted by atomic mass is 10.2. The Bertz CT molecular complexity index is 881. The number of hydrogen-bond acceptors (Lipinski definition) is 5. The van der Waals surface area contributed by atoms with Gasteiger partial charge < -0.3 is 9.15 Å². The van der Waals surface area contributed by atoms with Crippen LogP contribution in [0.25, 0.3) is 11.0 Å². The van der Waals surface area contributed by atoms with Crippen LogP contribution in [-0.2, 0) is 21.8 Å². The third-order valence-corrected chi connectivity index (χ3v) is 4.87. The molecule has 23 heavy (non-hydrogen) atoms. The summed E-state index contributed by atoms with van der Waals surface area (Å²) in [6, 6.07) is 9.42. The van der Waals surface area contributed by atoms with E-state index in [1.165, 1.54) is 24.2 Å². The Morgan fingerprint density at radius 3 is 2.83 bits per heavy atom. The Hall–Kier alpha value is -2.16. The summed E-state index contributed by atoms with van der Waals surface area (Å²) in [4.78, 5) is 0.111. The van der Waals surface area contributed by atoms with Crippen molar-refractivity contribution in [1.29, 1.82) is 0 Å². The third kappa shape index (κ3) is 3.29. The lowest BCUT2D eigenvalue weighted by Crippen LogP contribution is -2.29. The molecule has 2 heterocycles. The minimum absolute atomic E-state index is 0.0630. The van der Waals surface area contributed by atoms with Crippen LogP contribution in [0.5, 0.6) is 0 Å². The molecule has 0 saturated carbocycles. The van der Waals surface area contributed by atoms with Gasteiger partial charge in [0.2, 0.25) is 10.0 Å². The standard InChI is InChI=1S/C15H17N3O4S/c1-18-10-12(8-16-18)23(19,20)17-9-15(21-2)14-7-11-5-3-4-6-13(11)22-14/h3-8,10,15,17H,9H2,1-2H3. The molecule has 0 saturated heterocycles. The van der Waals surface area contributed by atoms with Crippen LogP contribution < -0.4 is 4.72 Å². The normalized spacial score (nSPS) is 13.5. The first-order chi connectivity index (χ1) is 11.0. The van der Waals surface area contributed by atoms with Crippen molar-refractivity contribution >= 4 is 21.0 Å². The van der Waals surface area contributed by atoms with Gasteiger partial charge in [0.1, 0.15) is 22.3 Å². The zero-order chi connectivity index (χ0) is 16.4. The molecule has 0 radical (unpaired) electrons. The third-order valence-electron chi connectivity index (χ3n) is 3.50. The van der Waals surface area contributed by atoms with E-state index < -0.39 is 16.1 Å². The van der Waals surface area contributed by atoms with Crippen molar-refractivity contribution in [3.8, 4) is 0 Å². The van der Waals surface area contributed by atoms with Crippen molar-refractivity contribution in [2.45, 2.75) is 11.0 Å². The molecule has 7 nitrogen and oxygen atoms in total. The molecule has 122 valence electrons. The van der Waals surface area contributed by atoms with Crippen molar-refractivity contribution in [2.75, 3.05) is 13.7 Å². The average molecular weight is 335 g/mol. The number of rotatable bonds is 6. The quantitative estimate of drug-likeness (QED) is 0.743. The first-order valence-electron chi connectivity index (χ1n) is 6.99. The molecule has 0 aliphatic heterocycles. The Morgan fingerprint density at radius 1 is 1.39 bits per heavy atom. The lowest BCUT2D eigenvalue weighted by Gasteiger charge is -2.13. The number of ether oxygens (including phenoxy) is 1. The van der Waals surface area contributed by atoms with Gasteiger partial charge >= 0.3 is 0 Å². The Balaban J connectivity index is 1.77. The summed E-state index contributed by atoms with van der Waals surface area (Å²) in [5.74, 6) is 0.572. The van der Waals surface area contributed by atoms with Gasteiger partial charge in [0, 0.05) is 32.3 Å². The topological polar surface area (TPSA) is 86.4 Å². The number of nitrogens with one attached hydrogen (secondary N) is 1. The fourth-order valence-electron chi connectivity index (χ4n) is 2.27. The number of aryl methyl sites for hydroxylation is 1. The van der Waals surface area contributed by atoms with Gasteiger partial charge in [-0.25, -0.2) is 13.1 Å². The van der Waals surface area contributed by atoms with Crippen LogP contribution in [0.3, 0.4) is 0 Å². The molecule has 8 heteroatoms. The average Bonchev–Trinajstić information content (AvgIpc) is 3.14. The predicted molar refractivity (Wildman–Crippen MR) is 84.4 cm³/mol. The summed E-state index contributed by atoms with van der Waals surface area (Å²) in [6.45, 7) is 0.0630. The molecule has 0 fully saturated rings. The van der Waals surface area contributed by atoms with Gasteiger partial charge in [0.25, 0.3) is 0 Å². The summed E-state index contributed by atoms with van der Waals surface area (Å²) < 4.78 is 39.5. The number of furan rings is 1. The maximum Gasteiger partial charge on any atom is 0.243 e. The smallest absolute Gasteiger partial charge is 0.243 e. The van der Waals surface area contributed by atoms with Crippen LogP contribution in [0, 0.1) is 0 Å². The van der Waals surface area contributed by atoms with Crippen LogP contribution in [0.15, 0.2) is 52.0 Å². The molecule has 0 aliphatic rings.